The maximum Gasteiger partial charge on any atom is 0.270 e. The molecule has 0 aliphatic rings. The molecule has 124 valence electrons. The standard InChI is InChI=1S/C18H18ClN3O2/c1-2-10-20-17(23)15-7-4-8-16(22-15)18(24)21-11-9-13-5-3-6-14(19)12-13/h2-8,12H,1,9-11H2,(H,20,23)(H,21,24). The summed E-state index contributed by atoms with van der Waals surface area (Å²) in [5.41, 5.74) is 1.43. The molecule has 0 aliphatic carbocycles. The van der Waals surface area contributed by atoms with Crippen molar-refractivity contribution in [3.8, 4) is 0 Å². The Labute approximate surface area is 145 Å². The summed E-state index contributed by atoms with van der Waals surface area (Å²) in [7, 11) is 0. The van der Waals surface area contributed by atoms with E-state index in [4.69, 9.17) is 11.6 Å². The number of pyridine rings is 1. The van der Waals surface area contributed by atoms with Gasteiger partial charge in [-0.15, -0.1) is 6.58 Å². The number of benzene rings is 1. The Hall–Kier alpha value is -2.66. The molecule has 0 saturated heterocycles. The number of hydrogen-bond donors (Lipinski definition) is 2. The van der Waals surface area contributed by atoms with E-state index < -0.39 is 0 Å². The van der Waals surface area contributed by atoms with Crippen LogP contribution in [0.4, 0.5) is 0 Å². The molecule has 0 unspecified atom stereocenters. The van der Waals surface area contributed by atoms with Crippen LogP contribution in [0, 0.1) is 0 Å². The van der Waals surface area contributed by atoms with Crippen LogP contribution in [0.15, 0.2) is 55.1 Å². The number of halogens is 1. The summed E-state index contributed by atoms with van der Waals surface area (Å²) in [6, 6.07) is 12.2. The van der Waals surface area contributed by atoms with E-state index in [2.05, 4.69) is 22.2 Å². The zero-order valence-electron chi connectivity index (χ0n) is 13.1. The molecule has 0 spiro atoms. The van der Waals surface area contributed by atoms with E-state index in [9.17, 15) is 9.59 Å². The number of carbonyl (C=O) groups is 2. The van der Waals surface area contributed by atoms with Gasteiger partial charge in [-0.3, -0.25) is 9.59 Å². The van der Waals surface area contributed by atoms with Crippen LogP contribution in [0.1, 0.15) is 26.5 Å². The third-order valence-electron chi connectivity index (χ3n) is 3.21. The van der Waals surface area contributed by atoms with E-state index in [0.29, 0.717) is 24.5 Å². The zero-order valence-corrected chi connectivity index (χ0v) is 13.8. The van der Waals surface area contributed by atoms with Crippen molar-refractivity contribution >= 4 is 23.4 Å². The zero-order chi connectivity index (χ0) is 17.4. The van der Waals surface area contributed by atoms with E-state index >= 15 is 0 Å². The largest absolute Gasteiger partial charge is 0.350 e. The second kappa shape index (κ2) is 8.84. The van der Waals surface area contributed by atoms with Crippen LogP contribution >= 0.6 is 11.6 Å². The van der Waals surface area contributed by atoms with E-state index in [0.717, 1.165) is 5.56 Å². The van der Waals surface area contributed by atoms with Crippen molar-refractivity contribution in [3.05, 3.63) is 77.1 Å². The van der Waals surface area contributed by atoms with Crippen LogP contribution in [0.5, 0.6) is 0 Å². The van der Waals surface area contributed by atoms with Crippen molar-refractivity contribution in [2.45, 2.75) is 6.42 Å². The summed E-state index contributed by atoms with van der Waals surface area (Å²) >= 11 is 5.92. The van der Waals surface area contributed by atoms with E-state index in [1.54, 1.807) is 30.3 Å². The van der Waals surface area contributed by atoms with Gasteiger partial charge < -0.3 is 10.6 Å². The Morgan fingerprint density at radius 3 is 2.42 bits per heavy atom. The third kappa shape index (κ3) is 5.21. The van der Waals surface area contributed by atoms with Crippen molar-refractivity contribution in [1.29, 1.82) is 0 Å². The normalized spacial score (nSPS) is 10.0. The summed E-state index contributed by atoms with van der Waals surface area (Å²) in [6.07, 6.45) is 2.23. The van der Waals surface area contributed by atoms with Crippen LogP contribution in [0.2, 0.25) is 5.02 Å². The minimum atomic E-state index is -0.344. The number of nitrogens with one attached hydrogen (secondary N) is 2. The Kier molecular flexibility index (Phi) is 6.51. The second-order valence-corrected chi connectivity index (χ2v) is 5.48. The lowest BCUT2D eigenvalue weighted by Crippen LogP contribution is -2.28. The second-order valence-electron chi connectivity index (χ2n) is 5.04. The van der Waals surface area contributed by atoms with Crippen LogP contribution in [-0.4, -0.2) is 29.9 Å². The summed E-state index contributed by atoms with van der Waals surface area (Å²) in [5, 5.41) is 6.07. The highest BCUT2D eigenvalue weighted by Gasteiger charge is 2.11. The molecular formula is C18H18ClN3O2. The molecule has 0 radical (unpaired) electrons. The highest BCUT2D eigenvalue weighted by Crippen LogP contribution is 2.10. The lowest BCUT2D eigenvalue weighted by Gasteiger charge is -2.07. The summed E-state index contributed by atoms with van der Waals surface area (Å²) in [5.74, 6) is -0.668. The molecule has 2 amide bonds. The third-order valence-corrected chi connectivity index (χ3v) is 3.44. The molecule has 1 heterocycles. The molecular weight excluding hydrogens is 326 g/mol. The van der Waals surface area contributed by atoms with Gasteiger partial charge in [0.05, 0.1) is 0 Å². The van der Waals surface area contributed by atoms with E-state index in [-0.39, 0.29) is 23.2 Å². The Bertz CT molecular complexity index is 747. The molecule has 1 aromatic carbocycles. The first-order chi connectivity index (χ1) is 11.6. The molecule has 6 heteroatoms. The smallest absolute Gasteiger partial charge is 0.270 e. The van der Waals surface area contributed by atoms with Gasteiger partial charge in [-0.25, -0.2) is 4.98 Å². The van der Waals surface area contributed by atoms with Gasteiger partial charge in [0.25, 0.3) is 11.8 Å². The monoisotopic (exact) mass is 343 g/mol. The molecule has 0 saturated carbocycles. The average Bonchev–Trinajstić information content (AvgIpc) is 2.59. The highest BCUT2D eigenvalue weighted by atomic mass is 35.5. The number of nitrogens with zero attached hydrogens (tertiary/aromatic N) is 1. The van der Waals surface area contributed by atoms with Gasteiger partial charge >= 0.3 is 0 Å². The van der Waals surface area contributed by atoms with Gasteiger partial charge in [-0.05, 0) is 36.2 Å². The lowest BCUT2D eigenvalue weighted by molar-refractivity contribution is 0.0946. The van der Waals surface area contributed by atoms with E-state index in [1.165, 1.54) is 0 Å². The predicted molar refractivity (Wildman–Crippen MR) is 94.3 cm³/mol. The van der Waals surface area contributed by atoms with Crippen LogP contribution in [0.25, 0.3) is 0 Å². The van der Waals surface area contributed by atoms with Gasteiger partial charge in [-0.1, -0.05) is 35.9 Å². The highest BCUT2D eigenvalue weighted by molar-refractivity contribution is 6.30. The maximum atomic E-state index is 12.1. The number of carbonyl (C=O) groups excluding carboxylic acids is 2. The minimum absolute atomic E-state index is 0.194. The molecule has 24 heavy (non-hydrogen) atoms. The van der Waals surface area contributed by atoms with Gasteiger partial charge in [0, 0.05) is 18.1 Å². The first kappa shape index (κ1) is 17.7. The number of aromatic nitrogens is 1. The SMILES string of the molecule is C=CCNC(=O)c1cccc(C(=O)NCCc2cccc(Cl)c2)n1. The Morgan fingerprint density at radius 1 is 1.08 bits per heavy atom. The summed E-state index contributed by atoms with van der Waals surface area (Å²) < 4.78 is 0. The van der Waals surface area contributed by atoms with Crippen LogP contribution in [-0.2, 0) is 6.42 Å². The van der Waals surface area contributed by atoms with Gasteiger partial charge in [0.1, 0.15) is 11.4 Å². The molecule has 2 rings (SSSR count). The summed E-state index contributed by atoms with van der Waals surface area (Å²) in [4.78, 5) is 28.1. The number of amides is 2. The average molecular weight is 344 g/mol. The van der Waals surface area contributed by atoms with Crippen molar-refractivity contribution in [3.63, 3.8) is 0 Å². The fraction of sp³-hybridized carbons (Fsp3) is 0.167. The van der Waals surface area contributed by atoms with Gasteiger partial charge in [-0.2, -0.15) is 0 Å². The van der Waals surface area contributed by atoms with Gasteiger partial charge in [0.15, 0.2) is 0 Å². The quantitative estimate of drug-likeness (QED) is 0.759. The Morgan fingerprint density at radius 2 is 1.75 bits per heavy atom. The first-order valence-corrected chi connectivity index (χ1v) is 7.86. The number of hydrogen-bond acceptors (Lipinski definition) is 3. The number of rotatable bonds is 7. The fourth-order valence-corrected chi connectivity index (χ4v) is 2.26. The predicted octanol–water partition coefficient (Wildman–Crippen LogP) is 2.62. The van der Waals surface area contributed by atoms with Crippen molar-refractivity contribution < 1.29 is 9.59 Å². The maximum absolute atomic E-state index is 12.1. The summed E-state index contributed by atoms with van der Waals surface area (Å²) in [6.45, 7) is 4.32. The van der Waals surface area contributed by atoms with Crippen molar-refractivity contribution in [2.24, 2.45) is 0 Å². The van der Waals surface area contributed by atoms with Crippen LogP contribution < -0.4 is 10.6 Å². The van der Waals surface area contributed by atoms with E-state index in [1.807, 2.05) is 18.2 Å². The first-order valence-electron chi connectivity index (χ1n) is 7.49. The molecule has 0 atom stereocenters. The van der Waals surface area contributed by atoms with Crippen molar-refractivity contribution in [1.82, 2.24) is 15.6 Å². The molecule has 0 bridgehead atoms. The lowest BCUT2D eigenvalue weighted by atomic mass is 10.1. The Balaban J connectivity index is 1.92. The molecule has 0 aliphatic heterocycles. The van der Waals surface area contributed by atoms with Crippen LogP contribution in [0.3, 0.4) is 0 Å². The molecule has 0 fully saturated rings. The topological polar surface area (TPSA) is 71.1 Å². The van der Waals surface area contributed by atoms with Gasteiger partial charge in [0.2, 0.25) is 0 Å². The molecule has 5 nitrogen and oxygen atoms in total. The van der Waals surface area contributed by atoms with Crippen molar-refractivity contribution in [2.75, 3.05) is 13.1 Å². The fourth-order valence-electron chi connectivity index (χ4n) is 2.05. The molecule has 2 aromatic rings. The molecule has 1 aromatic heterocycles. The molecule has 2 N–H and O–H groups in total. The minimum Gasteiger partial charge on any atom is -0.350 e.